The molecule has 1 fully saturated rings. The van der Waals surface area contributed by atoms with Crippen LogP contribution < -0.4 is 5.32 Å². The molecule has 2 aromatic rings. The smallest absolute Gasteiger partial charge is 0.231 e. The van der Waals surface area contributed by atoms with Gasteiger partial charge >= 0.3 is 0 Å². The van der Waals surface area contributed by atoms with E-state index in [0.29, 0.717) is 17.8 Å². The van der Waals surface area contributed by atoms with Gasteiger partial charge in [-0.15, -0.1) is 11.3 Å². The van der Waals surface area contributed by atoms with Crippen LogP contribution in [0.2, 0.25) is 0 Å². The normalized spacial score (nSPS) is 23.1. The molecule has 2 heterocycles. The van der Waals surface area contributed by atoms with Gasteiger partial charge in [-0.3, -0.25) is 0 Å². The lowest BCUT2D eigenvalue weighted by Crippen LogP contribution is -2.34. The molecule has 6 heteroatoms. The van der Waals surface area contributed by atoms with Crippen molar-refractivity contribution in [1.29, 1.82) is 0 Å². The number of likely N-dealkylation sites (N-methyl/N-ethyl adjacent to an activating group) is 1. The summed E-state index contributed by atoms with van der Waals surface area (Å²) in [6.07, 6.45) is 6.16. The average Bonchev–Trinajstić information content (AvgIpc) is 3.05. The number of nitrogens with one attached hydrogen (secondary N) is 1. The number of aromatic nitrogens is 2. The van der Waals surface area contributed by atoms with E-state index in [1.807, 2.05) is 11.4 Å². The molecule has 4 nitrogen and oxygen atoms in total. The summed E-state index contributed by atoms with van der Waals surface area (Å²) in [5, 5.41) is 9.81. The van der Waals surface area contributed by atoms with Gasteiger partial charge < -0.3 is 9.84 Å². The highest BCUT2D eigenvalue weighted by Gasteiger charge is 2.29. The average molecular weight is 370 g/mol. The minimum atomic E-state index is 0.345. The molecule has 2 atom stereocenters. The molecule has 3 rings (SSSR count). The number of nitrogens with zero attached hydrogens (tertiary/aromatic N) is 2. The van der Waals surface area contributed by atoms with Crippen LogP contribution >= 0.6 is 27.3 Å². The van der Waals surface area contributed by atoms with Gasteiger partial charge in [0, 0.05) is 15.9 Å². The number of hydrogen-bond acceptors (Lipinski definition) is 5. The first-order valence-electron chi connectivity index (χ1n) is 7.59. The lowest BCUT2D eigenvalue weighted by Gasteiger charge is -2.22. The van der Waals surface area contributed by atoms with E-state index in [9.17, 15) is 0 Å². The quantitative estimate of drug-likeness (QED) is 0.800. The summed E-state index contributed by atoms with van der Waals surface area (Å²) in [7, 11) is 0. The van der Waals surface area contributed by atoms with Crippen LogP contribution in [0.1, 0.15) is 50.8 Å². The van der Waals surface area contributed by atoms with Gasteiger partial charge in [0.2, 0.25) is 11.7 Å². The minimum Gasteiger partial charge on any atom is -0.339 e. The first kappa shape index (κ1) is 15.2. The zero-order valence-electron chi connectivity index (χ0n) is 12.1. The van der Waals surface area contributed by atoms with Crippen molar-refractivity contribution in [2.45, 2.75) is 51.0 Å². The van der Waals surface area contributed by atoms with Crippen molar-refractivity contribution in [3.05, 3.63) is 21.8 Å². The Hall–Kier alpha value is -0.720. The number of thiophene rings is 1. The zero-order chi connectivity index (χ0) is 14.7. The Morgan fingerprint density at radius 2 is 2.24 bits per heavy atom. The lowest BCUT2D eigenvalue weighted by molar-refractivity contribution is 0.306. The van der Waals surface area contributed by atoms with Crippen LogP contribution in [-0.4, -0.2) is 22.7 Å². The Morgan fingerprint density at radius 1 is 1.38 bits per heavy atom. The van der Waals surface area contributed by atoms with Crippen LogP contribution in [0.15, 0.2) is 20.4 Å². The fraction of sp³-hybridized carbons (Fsp3) is 0.600. The largest absolute Gasteiger partial charge is 0.339 e. The predicted octanol–water partition coefficient (Wildman–Crippen LogP) is 4.59. The topological polar surface area (TPSA) is 51.0 Å². The van der Waals surface area contributed by atoms with Gasteiger partial charge in [-0.1, -0.05) is 31.3 Å². The van der Waals surface area contributed by atoms with Gasteiger partial charge in [-0.25, -0.2) is 0 Å². The van der Waals surface area contributed by atoms with E-state index >= 15 is 0 Å². The fourth-order valence-electron chi connectivity index (χ4n) is 3.03. The molecule has 0 aromatic carbocycles. The fourth-order valence-corrected chi connectivity index (χ4v) is 4.38. The Labute approximate surface area is 137 Å². The predicted molar refractivity (Wildman–Crippen MR) is 88.6 cm³/mol. The molecule has 0 radical (unpaired) electrons. The lowest BCUT2D eigenvalue weighted by atomic mass is 9.94. The highest BCUT2D eigenvalue weighted by molar-refractivity contribution is 9.10. The van der Waals surface area contributed by atoms with E-state index in [1.165, 1.54) is 25.7 Å². The maximum absolute atomic E-state index is 5.59. The molecule has 0 saturated heterocycles. The summed E-state index contributed by atoms with van der Waals surface area (Å²) in [5.74, 6) is 1.85. The Morgan fingerprint density at radius 3 is 3.00 bits per heavy atom. The number of hydrogen-bond donors (Lipinski definition) is 1. The van der Waals surface area contributed by atoms with E-state index in [4.69, 9.17) is 4.52 Å². The van der Waals surface area contributed by atoms with Crippen molar-refractivity contribution in [1.82, 2.24) is 15.5 Å². The van der Waals surface area contributed by atoms with Crippen LogP contribution in [-0.2, 0) is 0 Å². The highest BCUT2D eigenvalue weighted by atomic mass is 79.9. The second-order valence-electron chi connectivity index (χ2n) is 5.49. The van der Waals surface area contributed by atoms with E-state index < -0.39 is 0 Å². The third-order valence-electron chi connectivity index (χ3n) is 4.03. The Bertz CT molecular complexity index is 583. The molecule has 2 aromatic heterocycles. The van der Waals surface area contributed by atoms with Gasteiger partial charge in [-0.2, -0.15) is 4.98 Å². The van der Waals surface area contributed by atoms with Crippen molar-refractivity contribution in [3.8, 4) is 10.7 Å². The van der Waals surface area contributed by atoms with Gasteiger partial charge in [0.1, 0.15) is 0 Å². The summed E-state index contributed by atoms with van der Waals surface area (Å²) < 4.78 is 6.65. The summed E-state index contributed by atoms with van der Waals surface area (Å²) in [6.45, 7) is 3.14. The second-order valence-corrected chi connectivity index (χ2v) is 7.32. The molecule has 0 amide bonds. The monoisotopic (exact) mass is 369 g/mol. The van der Waals surface area contributed by atoms with E-state index in [0.717, 1.165) is 28.2 Å². The molecule has 21 heavy (non-hydrogen) atoms. The first-order valence-corrected chi connectivity index (χ1v) is 9.26. The molecule has 1 saturated carbocycles. The van der Waals surface area contributed by atoms with Crippen LogP contribution in [0.5, 0.6) is 0 Å². The Kier molecular flexibility index (Phi) is 5.08. The third-order valence-corrected chi connectivity index (χ3v) is 5.72. The van der Waals surface area contributed by atoms with Crippen LogP contribution in [0.3, 0.4) is 0 Å². The maximum Gasteiger partial charge on any atom is 0.231 e. The number of halogens is 1. The third kappa shape index (κ3) is 3.55. The van der Waals surface area contributed by atoms with Crippen molar-refractivity contribution in [2.75, 3.05) is 6.54 Å². The molecule has 114 valence electrons. The van der Waals surface area contributed by atoms with Gasteiger partial charge in [0.15, 0.2) is 0 Å². The van der Waals surface area contributed by atoms with Crippen LogP contribution in [0, 0.1) is 0 Å². The van der Waals surface area contributed by atoms with Crippen LogP contribution in [0.25, 0.3) is 10.7 Å². The first-order chi connectivity index (χ1) is 10.3. The Balaban J connectivity index is 1.82. The van der Waals surface area contributed by atoms with E-state index in [1.54, 1.807) is 11.3 Å². The minimum absolute atomic E-state index is 0.345. The molecule has 0 aliphatic heterocycles. The van der Waals surface area contributed by atoms with Crippen LogP contribution in [0.4, 0.5) is 0 Å². The number of rotatable bonds is 4. The summed E-state index contributed by atoms with van der Waals surface area (Å²) >= 11 is 5.10. The highest BCUT2D eigenvalue weighted by Crippen LogP contribution is 2.33. The van der Waals surface area contributed by atoms with Gasteiger partial charge in [0.25, 0.3) is 0 Å². The molecule has 1 aliphatic rings. The summed E-state index contributed by atoms with van der Waals surface area (Å²) in [5.41, 5.74) is 0. The molecule has 0 bridgehead atoms. The SMILES string of the molecule is CCNC1CCCCCC1c1nc(-c2cc(Br)cs2)no1. The molecule has 2 unspecified atom stereocenters. The molecule has 0 spiro atoms. The zero-order valence-corrected chi connectivity index (χ0v) is 14.5. The molecular weight excluding hydrogens is 350 g/mol. The van der Waals surface area contributed by atoms with Gasteiger partial charge in [-0.05, 0) is 41.4 Å². The van der Waals surface area contributed by atoms with E-state index in [2.05, 4.69) is 38.3 Å². The maximum atomic E-state index is 5.59. The van der Waals surface area contributed by atoms with Crippen molar-refractivity contribution < 1.29 is 4.52 Å². The standard InChI is InChI=1S/C15H20BrN3OS/c1-2-17-12-7-5-3-4-6-11(12)15-18-14(19-20-15)13-8-10(16)9-21-13/h8-9,11-12,17H,2-7H2,1H3. The summed E-state index contributed by atoms with van der Waals surface area (Å²) in [6, 6.07) is 2.50. The van der Waals surface area contributed by atoms with Crippen molar-refractivity contribution >= 4 is 27.3 Å². The van der Waals surface area contributed by atoms with Crippen molar-refractivity contribution in [2.24, 2.45) is 0 Å². The molecular formula is C15H20BrN3OS. The van der Waals surface area contributed by atoms with Gasteiger partial charge in [0.05, 0.1) is 10.8 Å². The van der Waals surface area contributed by atoms with Crippen molar-refractivity contribution in [3.63, 3.8) is 0 Å². The summed E-state index contributed by atoms with van der Waals surface area (Å²) in [4.78, 5) is 5.71. The molecule has 1 N–H and O–H groups in total. The molecule has 1 aliphatic carbocycles. The van der Waals surface area contributed by atoms with E-state index in [-0.39, 0.29) is 0 Å². The second kappa shape index (κ2) is 7.03.